The average molecular weight is 1510 g/mol. The van der Waals surface area contributed by atoms with Crippen LogP contribution in [0.2, 0.25) is 0 Å². The van der Waals surface area contributed by atoms with E-state index in [1.54, 1.807) is 56.7 Å². The molecule has 8 rings (SSSR count). The van der Waals surface area contributed by atoms with Crippen molar-refractivity contribution in [3.8, 4) is 49.3 Å². The van der Waals surface area contributed by atoms with Crippen molar-refractivity contribution in [2.24, 2.45) is 23.7 Å². The van der Waals surface area contributed by atoms with Crippen molar-refractivity contribution in [1.29, 1.82) is 0 Å². The van der Waals surface area contributed by atoms with Crippen molar-refractivity contribution < 1.29 is 19.1 Å². The normalized spacial score (nSPS) is 13.2. The van der Waals surface area contributed by atoms with Crippen molar-refractivity contribution in [2.45, 2.75) is 339 Å². The fourth-order valence-corrected chi connectivity index (χ4v) is 23.4. The second-order valence-electron chi connectivity index (χ2n) is 29.3. The Morgan fingerprint density at radius 3 is 1.00 bits per heavy atom. The van der Waals surface area contributed by atoms with Gasteiger partial charge in [-0.2, -0.15) is 0 Å². The Morgan fingerprint density at radius 1 is 0.310 bits per heavy atom. The number of unbranched alkanes of at least 4 members (excludes halogenated alkanes) is 24. The lowest BCUT2D eigenvalue weighted by atomic mass is 9.89. The van der Waals surface area contributed by atoms with Crippen LogP contribution in [0.1, 0.15) is 354 Å². The quantitative estimate of drug-likeness (QED) is 0.0274. The highest BCUT2D eigenvalue weighted by molar-refractivity contribution is 7.34. The number of aromatic nitrogens is 4. The summed E-state index contributed by atoms with van der Waals surface area (Å²) in [5.74, 6) is 1.47. The van der Waals surface area contributed by atoms with Crippen molar-refractivity contribution in [3.63, 3.8) is 0 Å². The van der Waals surface area contributed by atoms with E-state index >= 15 is 4.79 Å². The third-order valence-electron chi connectivity index (χ3n) is 20.4. The standard InChI is InChI=1S/C84H126N4O4S8/c1-11-19-27-33-35-41-49-63(47-39-31-23-15-5)57-91-83(89)67-52-60(10)94-73(67)77-87-81-82(99-77)88-78(100-81)74-68(84(90)92-58-64(48-40-32-24-16-6)50-42-36-34-28-20-12-2)56-70(96-74)69-55-66(54-62(44-26-18-8)46-38-30-22-14-4)72(95-69)76-86-80-79(98-76)85-75(97-80)71-65(51-59(9)93-71)53-61(43-25-17-7)45-37-29-21-13-3/h51-52,55-56,61-64H,11-50,53-54,57-58H2,1-10H3. The number of nitrogens with zero attached hydrogens (tertiary/aromatic N) is 4. The monoisotopic (exact) mass is 1510 g/mol. The van der Waals surface area contributed by atoms with Crippen LogP contribution in [0, 0.1) is 37.5 Å². The molecular formula is C84H126N4O4S8. The van der Waals surface area contributed by atoms with Gasteiger partial charge in [-0.1, -0.05) is 332 Å². The summed E-state index contributed by atoms with van der Waals surface area (Å²) in [5.41, 5.74) is 4.02. The minimum Gasteiger partial charge on any atom is -0.462 e. The van der Waals surface area contributed by atoms with Gasteiger partial charge in [0.25, 0.3) is 0 Å². The predicted octanol–water partition coefficient (Wildman–Crippen LogP) is 30.6. The Labute approximate surface area is 637 Å². The number of hydrogen-bond donors (Lipinski definition) is 0. The molecule has 0 aliphatic heterocycles. The summed E-state index contributed by atoms with van der Waals surface area (Å²) >= 11 is 13.6. The Morgan fingerprint density at radius 2 is 0.590 bits per heavy atom. The number of aryl methyl sites for hydroxylation is 2. The largest absolute Gasteiger partial charge is 0.462 e. The lowest BCUT2D eigenvalue weighted by Crippen LogP contribution is -2.15. The van der Waals surface area contributed by atoms with Crippen LogP contribution >= 0.6 is 90.7 Å². The SMILES string of the molecule is CCCCCCCCC(CCCCCC)COC(=O)c1cc(C)sc1-c1nc2sc(-c3sc(-c4cc(CC(CCCC)CCCCCC)c(-c5nc6sc(-c7sc(C)cc7CC(CCCC)CCCCCC)nc6s5)s4)cc3C(=O)OCC(CCCCCC)CCCCCCCC)nc2s1. The molecule has 0 N–H and O–H groups in total. The van der Waals surface area contributed by atoms with Crippen LogP contribution in [-0.2, 0) is 22.3 Å². The first kappa shape index (κ1) is 82.4. The molecule has 0 bridgehead atoms. The van der Waals surface area contributed by atoms with E-state index in [9.17, 15) is 4.79 Å². The number of hydrogen-bond acceptors (Lipinski definition) is 16. The molecule has 0 aromatic carbocycles. The van der Waals surface area contributed by atoms with Crippen LogP contribution in [0.4, 0.5) is 0 Å². The first-order valence-electron chi connectivity index (χ1n) is 40.3. The van der Waals surface area contributed by atoms with Crippen molar-refractivity contribution >= 4 is 122 Å². The second-order valence-corrected chi connectivity index (χ2v) is 37.8. The van der Waals surface area contributed by atoms with E-state index < -0.39 is 0 Å². The number of carbonyl (C=O) groups is 2. The number of rotatable bonds is 55. The average Bonchev–Trinajstić information content (AvgIpc) is 1.61. The summed E-state index contributed by atoms with van der Waals surface area (Å²) < 4.78 is 12.8. The van der Waals surface area contributed by atoms with E-state index in [1.165, 1.54) is 268 Å². The van der Waals surface area contributed by atoms with Crippen LogP contribution in [0.3, 0.4) is 0 Å². The Bertz CT molecular complexity index is 3520. The number of esters is 2. The molecule has 554 valence electrons. The van der Waals surface area contributed by atoms with Crippen molar-refractivity contribution in [3.05, 3.63) is 56.3 Å². The molecule has 0 saturated heterocycles. The highest BCUT2D eigenvalue weighted by Crippen LogP contribution is 2.50. The molecule has 8 nitrogen and oxygen atoms in total. The maximum atomic E-state index is 15.1. The first-order chi connectivity index (χ1) is 48.9. The van der Waals surface area contributed by atoms with Gasteiger partial charge in [-0.05, 0) is 111 Å². The van der Waals surface area contributed by atoms with Crippen LogP contribution in [0.25, 0.3) is 68.6 Å². The molecule has 8 aromatic rings. The zero-order chi connectivity index (χ0) is 70.9. The van der Waals surface area contributed by atoms with Crippen LogP contribution in [0.15, 0.2) is 24.3 Å². The van der Waals surface area contributed by atoms with Gasteiger partial charge in [0, 0.05) is 19.5 Å². The minimum atomic E-state index is -0.267. The van der Waals surface area contributed by atoms with Gasteiger partial charge in [0.15, 0.2) is 19.3 Å². The van der Waals surface area contributed by atoms with Crippen molar-refractivity contribution in [2.75, 3.05) is 13.2 Å². The van der Waals surface area contributed by atoms with E-state index in [0.29, 0.717) is 48.0 Å². The van der Waals surface area contributed by atoms with Gasteiger partial charge < -0.3 is 9.47 Å². The second kappa shape index (κ2) is 46.0. The smallest absolute Gasteiger partial charge is 0.339 e. The van der Waals surface area contributed by atoms with Gasteiger partial charge in [0.2, 0.25) is 0 Å². The topological polar surface area (TPSA) is 104 Å². The molecule has 0 amide bonds. The Hall–Kier alpha value is -3.22. The highest BCUT2D eigenvalue weighted by Gasteiger charge is 2.30. The summed E-state index contributed by atoms with van der Waals surface area (Å²) in [6.45, 7) is 23.6. The number of fused-ring (bicyclic) bond motifs is 2. The maximum absolute atomic E-state index is 15.1. The molecule has 0 fully saturated rings. The molecule has 100 heavy (non-hydrogen) atoms. The van der Waals surface area contributed by atoms with E-state index in [1.807, 2.05) is 28.7 Å². The molecule has 4 atom stereocenters. The summed E-state index contributed by atoms with van der Waals surface area (Å²) in [6.07, 6.45) is 51.7. The number of ether oxygens (including phenoxy) is 2. The minimum absolute atomic E-state index is 0.256. The van der Waals surface area contributed by atoms with E-state index in [2.05, 4.69) is 87.4 Å². The Balaban J connectivity index is 1.13. The molecule has 8 heterocycles. The molecular weight excluding hydrogens is 1390 g/mol. The Kier molecular flexibility index (Phi) is 37.9. The fraction of sp³-hybridized carbons (Fsp3) is 0.690. The number of carbonyl (C=O) groups excluding carboxylic acids is 2. The lowest BCUT2D eigenvalue weighted by Gasteiger charge is -2.17. The molecule has 0 saturated carbocycles. The third kappa shape index (κ3) is 26.1. The number of thiophene rings is 4. The number of thiazole rings is 4. The molecule has 16 heteroatoms. The zero-order valence-electron chi connectivity index (χ0n) is 63.4. The lowest BCUT2D eigenvalue weighted by molar-refractivity contribution is 0.0415. The van der Waals surface area contributed by atoms with E-state index in [4.69, 9.17) is 29.4 Å². The molecule has 0 radical (unpaired) electrons. The summed E-state index contributed by atoms with van der Waals surface area (Å²) in [5, 5.41) is 3.74. The zero-order valence-corrected chi connectivity index (χ0v) is 70.0. The van der Waals surface area contributed by atoms with Gasteiger partial charge in [-0.15, -0.1) is 45.3 Å². The maximum Gasteiger partial charge on any atom is 0.339 e. The van der Waals surface area contributed by atoms with Gasteiger partial charge in [0.05, 0.1) is 43.8 Å². The molecule has 0 aliphatic carbocycles. The third-order valence-corrected chi connectivity index (χ3v) is 29.7. The van der Waals surface area contributed by atoms with E-state index in [0.717, 1.165) is 102 Å². The molecule has 0 aliphatic rings. The van der Waals surface area contributed by atoms with Crippen LogP contribution in [-0.4, -0.2) is 45.1 Å². The molecule has 0 spiro atoms. The molecule has 4 unspecified atom stereocenters. The van der Waals surface area contributed by atoms with Gasteiger partial charge in [-0.25, -0.2) is 29.5 Å². The first-order valence-corrected chi connectivity index (χ1v) is 46.8. The summed E-state index contributed by atoms with van der Waals surface area (Å²) in [4.78, 5) is 63.6. The van der Waals surface area contributed by atoms with Crippen LogP contribution < -0.4 is 0 Å². The summed E-state index contributed by atoms with van der Waals surface area (Å²) in [7, 11) is 0. The van der Waals surface area contributed by atoms with E-state index in [-0.39, 0.29) is 11.9 Å². The van der Waals surface area contributed by atoms with Gasteiger partial charge in [0.1, 0.15) is 20.0 Å². The highest BCUT2D eigenvalue weighted by atomic mass is 32.1. The van der Waals surface area contributed by atoms with Crippen LogP contribution in [0.5, 0.6) is 0 Å². The predicted molar refractivity (Wildman–Crippen MR) is 444 cm³/mol. The van der Waals surface area contributed by atoms with Gasteiger partial charge >= 0.3 is 11.9 Å². The van der Waals surface area contributed by atoms with Gasteiger partial charge in [-0.3, -0.25) is 0 Å². The molecule has 8 aromatic heterocycles. The van der Waals surface area contributed by atoms with Crippen molar-refractivity contribution in [1.82, 2.24) is 19.9 Å². The fourth-order valence-electron chi connectivity index (χ4n) is 14.4. The summed E-state index contributed by atoms with van der Waals surface area (Å²) in [6, 6.07) is 9.03.